The van der Waals surface area contributed by atoms with E-state index < -0.39 is 21.1 Å². The molecule has 6 heteroatoms. The molecule has 0 unspecified atom stereocenters. The lowest BCUT2D eigenvalue weighted by Gasteiger charge is -2.13. The van der Waals surface area contributed by atoms with Crippen LogP contribution in [0.2, 0.25) is 0 Å². The number of carbonyl (C=O) groups is 1. The van der Waals surface area contributed by atoms with E-state index in [4.69, 9.17) is 9.84 Å². The van der Waals surface area contributed by atoms with Crippen molar-refractivity contribution in [1.82, 2.24) is 0 Å². The molecule has 0 heterocycles. The van der Waals surface area contributed by atoms with E-state index in [1.807, 2.05) is 6.92 Å². The highest BCUT2D eigenvalue weighted by atomic mass is 32.2. The third-order valence-electron chi connectivity index (χ3n) is 2.86. The molecule has 0 spiro atoms. The van der Waals surface area contributed by atoms with Gasteiger partial charge in [0.15, 0.2) is 15.1 Å². The monoisotopic (exact) mass is 286 g/mol. The maximum atomic E-state index is 12.3. The summed E-state index contributed by atoms with van der Waals surface area (Å²) < 4.78 is 29.5. The van der Waals surface area contributed by atoms with Gasteiger partial charge in [-0.05, 0) is 30.7 Å². The van der Waals surface area contributed by atoms with Crippen molar-refractivity contribution in [3.05, 3.63) is 24.3 Å². The number of benzene rings is 1. The molecule has 1 aromatic rings. The zero-order valence-electron chi connectivity index (χ0n) is 11.0. The highest BCUT2D eigenvalue weighted by molar-refractivity contribution is 7.92. The Hall–Kier alpha value is -1.56. The molecule has 5 nitrogen and oxygen atoms in total. The SMILES string of the molecule is CCCC[C@@H](C(=O)O)S(=O)(=O)c1ccc(OC)cc1. The summed E-state index contributed by atoms with van der Waals surface area (Å²) in [5.41, 5.74) is 0. The van der Waals surface area contributed by atoms with Crippen LogP contribution in [0.15, 0.2) is 29.2 Å². The number of methoxy groups -OCH3 is 1. The Morgan fingerprint density at radius 1 is 1.32 bits per heavy atom. The minimum absolute atomic E-state index is 0.0109. The number of sulfone groups is 1. The molecule has 0 aliphatic rings. The Morgan fingerprint density at radius 3 is 2.32 bits per heavy atom. The third kappa shape index (κ3) is 3.70. The van der Waals surface area contributed by atoms with Crippen molar-refractivity contribution in [2.24, 2.45) is 0 Å². The Kier molecular flexibility index (Phi) is 5.35. The number of carboxylic acids is 1. The Labute approximate surface area is 113 Å². The van der Waals surface area contributed by atoms with Crippen LogP contribution in [-0.4, -0.2) is 31.9 Å². The lowest BCUT2D eigenvalue weighted by atomic mass is 10.2. The minimum Gasteiger partial charge on any atom is -0.497 e. The average molecular weight is 286 g/mol. The van der Waals surface area contributed by atoms with Crippen molar-refractivity contribution in [3.63, 3.8) is 0 Å². The summed E-state index contributed by atoms with van der Waals surface area (Å²) in [6.45, 7) is 1.89. The number of hydrogen-bond acceptors (Lipinski definition) is 4. The second-order valence-electron chi connectivity index (χ2n) is 4.19. The summed E-state index contributed by atoms with van der Waals surface area (Å²) in [7, 11) is -2.38. The Bertz CT molecular complexity index is 518. The number of hydrogen-bond donors (Lipinski definition) is 1. The van der Waals surface area contributed by atoms with Gasteiger partial charge in [-0.25, -0.2) is 8.42 Å². The van der Waals surface area contributed by atoms with Gasteiger partial charge in [-0.2, -0.15) is 0 Å². The van der Waals surface area contributed by atoms with E-state index in [0.29, 0.717) is 12.2 Å². The van der Waals surface area contributed by atoms with Crippen LogP contribution < -0.4 is 4.74 Å². The molecule has 1 atom stereocenters. The molecule has 19 heavy (non-hydrogen) atoms. The Balaban J connectivity index is 3.07. The van der Waals surface area contributed by atoms with Gasteiger partial charge in [0, 0.05) is 0 Å². The quantitative estimate of drug-likeness (QED) is 0.830. The van der Waals surface area contributed by atoms with Crippen molar-refractivity contribution in [1.29, 1.82) is 0 Å². The minimum atomic E-state index is -3.85. The second kappa shape index (κ2) is 6.56. The number of aliphatic carboxylic acids is 1. The van der Waals surface area contributed by atoms with Crippen molar-refractivity contribution >= 4 is 15.8 Å². The van der Waals surface area contributed by atoms with E-state index in [1.54, 1.807) is 0 Å². The first-order chi connectivity index (χ1) is 8.93. The van der Waals surface area contributed by atoms with Crippen LogP contribution in [0, 0.1) is 0 Å². The van der Waals surface area contributed by atoms with Gasteiger partial charge in [-0.15, -0.1) is 0 Å². The summed E-state index contributed by atoms with van der Waals surface area (Å²) in [4.78, 5) is 11.2. The average Bonchev–Trinajstić information content (AvgIpc) is 2.38. The van der Waals surface area contributed by atoms with E-state index in [-0.39, 0.29) is 11.3 Å². The molecule has 0 fully saturated rings. The zero-order chi connectivity index (χ0) is 14.5. The van der Waals surface area contributed by atoms with Crippen LogP contribution in [0.4, 0.5) is 0 Å². The highest BCUT2D eigenvalue weighted by Crippen LogP contribution is 2.22. The van der Waals surface area contributed by atoms with Gasteiger partial charge in [0.05, 0.1) is 12.0 Å². The smallest absolute Gasteiger partial charge is 0.322 e. The van der Waals surface area contributed by atoms with E-state index >= 15 is 0 Å². The predicted octanol–water partition coefficient (Wildman–Crippen LogP) is 2.11. The fraction of sp³-hybridized carbons (Fsp3) is 0.462. The molecule has 106 valence electrons. The molecule has 0 radical (unpaired) electrons. The van der Waals surface area contributed by atoms with Gasteiger partial charge in [0.25, 0.3) is 0 Å². The summed E-state index contributed by atoms with van der Waals surface area (Å²) in [5, 5.41) is 7.71. The maximum Gasteiger partial charge on any atom is 0.322 e. The number of carboxylic acid groups (broad SMARTS) is 1. The summed E-state index contributed by atoms with van der Waals surface area (Å²) >= 11 is 0. The largest absolute Gasteiger partial charge is 0.497 e. The van der Waals surface area contributed by atoms with Crippen LogP contribution in [0.1, 0.15) is 26.2 Å². The number of ether oxygens (including phenoxy) is 1. The molecule has 0 saturated carbocycles. The normalized spacial score (nSPS) is 12.9. The highest BCUT2D eigenvalue weighted by Gasteiger charge is 2.33. The number of unbranched alkanes of at least 4 members (excludes halogenated alkanes) is 1. The molecule has 0 aliphatic heterocycles. The molecule has 0 amide bonds. The van der Waals surface area contributed by atoms with Crippen LogP contribution in [0.25, 0.3) is 0 Å². The van der Waals surface area contributed by atoms with E-state index in [9.17, 15) is 13.2 Å². The van der Waals surface area contributed by atoms with Crippen molar-refractivity contribution in [2.45, 2.75) is 36.3 Å². The first-order valence-electron chi connectivity index (χ1n) is 6.04. The van der Waals surface area contributed by atoms with Crippen LogP contribution in [0.5, 0.6) is 5.75 Å². The first-order valence-corrected chi connectivity index (χ1v) is 7.58. The van der Waals surface area contributed by atoms with Gasteiger partial charge < -0.3 is 9.84 Å². The standard InChI is InChI=1S/C13H18O5S/c1-3-4-5-12(13(14)15)19(16,17)11-8-6-10(18-2)7-9-11/h6-9,12H,3-5H2,1-2H3,(H,14,15)/t12-/m0/s1. The van der Waals surface area contributed by atoms with Crippen molar-refractivity contribution in [2.75, 3.05) is 7.11 Å². The van der Waals surface area contributed by atoms with Gasteiger partial charge in [0.1, 0.15) is 5.75 Å². The molecule has 0 saturated heterocycles. The van der Waals surface area contributed by atoms with Gasteiger partial charge in [-0.3, -0.25) is 4.79 Å². The van der Waals surface area contributed by atoms with E-state index in [0.717, 1.165) is 6.42 Å². The third-order valence-corrected chi connectivity index (χ3v) is 4.97. The fourth-order valence-electron chi connectivity index (χ4n) is 1.73. The van der Waals surface area contributed by atoms with Gasteiger partial charge in [0.2, 0.25) is 0 Å². The topological polar surface area (TPSA) is 80.7 Å². The molecule has 1 N–H and O–H groups in total. The van der Waals surface area contributed by atoms with Crippen LogP contribution in [0.3, 0.4) is 0 Å². The molecule has 1 rings (SSSR count). The van der Waals surface area contributed by atoms with Gasteiger partial charge >= 0.3 is 5.97 Å². The van der Waals surface area contributed by atoms with Gasteiger partial charge in [-0.1, -0.05) is 19.8 Å². The van der Waals surface area contributed by atoms with Crippen molar-refractivity contribution < 1.29 is 23.1 Å². The van der Waals surface area contributed by atoms with Crippen LogP contribution >= 0.6 is 0 Å². The summed E-state index contributed by atoms with van der Waals surface area (Å²) in [6, 6.07) is 5.75. The van der Waals surface area contributed by atoms with E-state index in [2.05, 4.69) is 0 Å². The molecule has 0 aliphatic carbocycles. The molecular weight excluding hydrogens is 268 g/mol. The molecule has 0 bridgehead atoms. The van der Waals surface area contributed by atoms with Crippen LogP contribution in [-0.2, 0) is 14.6 Å². The lowest BCUT2D eigenvalue weighted by molar-refractivity contribution is -0.136. The number of rotatable bonds is 7. The predicted molar refractivity (Wildman–Crippen MR) is 71.1 cm³/mol. The fourth-order valence-corrected chi connectivity index (χ4v) is 3.32. The summed E-state index contributed by atoms with van der Waals surface area (Å²) in [5.74, 6) is -0.774. The van der Waals surface area contributed by atoms with E-state index in [1.165, 1.54) is 31.4 Å². The maximum absolute atomic E-state index is 12.3. The summed E-state index contributed by atoms with van der Waals surface area (Å²) in [6.07, 6.45) is 1.44. The zero-order valence-corrected chi connectivity index (χ0v) is 11.8. The second-order valence-corrected chi connectivity index (χ2v) is 6.32. The molecular formula is C13H18O5S. The van der Waals surface area contributed by atoms with Crippen molar-refractivity contribution in [3.8, 4) is 5.75 Å². The first kappa shape index (κ1) is 15.5. The molecule has 1 aromatic carbocycles. The molecule has 0 aromatic heterocycles. The lowest BCUT2D eigenvalue weighted by Crippen LogP contribution is -2.30. The Morgan fingerprint density at radius 2 is 1.89 bits per heavy atom.